The maximum Gasteiger partial charge on any atom is 0.0965 e. The fraction of sp³-hybridized carbons (Fsp3) is 0.429. The minimum atomic E-state index is 0.222. The zero-order valence-corrected chi connectivity index (χ0v) is 11.1. The molecule has 2 nitrogen and oxygen atoms in total. The van der Waals surface area contributed by atoms with Gasteiger partial charge in [0.2, 0.25) is 0 Å². The lowest BCUT2D eigenvalue weighted by molar-refractivity contribution is 0.0462. The quantitative estimate of drug-likeness (QED) is 0.880. The van der Waals surface area contributed by atoms with Crippen molar-refractivity contribution in [2.24, 2.45) is 0 Å². The Bertz CT molecular complexity index is 546. The van der Waals surface area contributed by atoms with E-state index >= 15 is 0 Å². The topological polar surface area (TPSA) is 21.3 Å². The highest BCUT2D eigenvalue weighted by Gasteiger charge is 2.25. The molecule has 90 valence electrons. The van der Waals surface area contributed by atoms with E-state index in [0.717, 1.165) is 19.6 Å². The van der Waals surface area contributed by atoms with E-state index in [1.165, 1.54) is 26.1 Å². The smallest absolute Gasteiger partial charge is 0.0965 e. The third kappa shape index (κ3) is 1.79. The van der Waals surface area contributed by atoms with E-state index < -0.39 is 0 Å². The minimum Gasteiger partial charge on any atom is -0.372 e. The number of nitrogens with one attached hydrogen (secondary N) is 1. The van der Waals surface area contributed by atoms with Crippen LogP contribution in [-0.4, -0.2) is 20.2 Å². The summed E-state index contributed by atoms with van der Waals surface area (Å²) in [6.07, 6.45) is 1.29. The lowest BCUT2D eigenvalue weighted by Crippen LogP contribution is -2.24. The molecule has 3 rings (SSSR count). The molecule has 2 aromatic rings. The number of thiophene rings is 1. The van der Waals surface area contributed by atoms with Crippen molar-refractivity contribution in [2.45, 2.75) is 19.4 Å². The Kier molecular flexibility index (Phi) is 2.90. The average molecular weight is 247 g/mol. The molecule has 1 aromatic carbocycles. The van der Waals surface area contributed by atoms with Crippen LogP contribution in [0.1, 0.15) is 22.1 Å². The van der Waals surface area contributed by atoms with Gasteiger partial charge < -0.3 is 10.1 Å². The van der Waals surface area contributed by atoms with Crippen molar-refractivity contribution in [1.29, 1.82) is 0 Å². The van der Waals surface area contributed by atoms with E-state index in [9.17, 15) is 0 Å². The molecule has 2 heterocycles. The molecule has 3 heteroatoms. The van der Waals surface area contributed by atoms with E-state index in [1.807, 2.05) is 18.4 Å². The van der Waals surface area contributed by atoms with Gasteiger partial charge in [-0.2, -0.15) is 0 Å². The molecule has 0 aliphatic carbocycles. The molecule has 0 spiro atoms. The largest absolute Gasteiger partial charge is 0.372 e. The molecule has 17 heavy (non-hydrogen) atoms. The summed E-state index contributed by atoms with van der Waals surface area (Å²) in [4.78, 5) is 1.51. The molecule has 0 fully saturated rings. The molecule has 1 N–H and O–H groups in total. The van der Waals surface area contributed by atoms with E-state index in [-0.39, 0.29) is 6.10 Å². The fourth-order valence-electron chi connectivity index (χ4n) is 2.59. The molecular formula is C14H17NOS. The molecule has 0 radical (unpaired) electrons. The van der Waals surface area contributed by atoms with Gasteiger partial charge in [0.05, 0.1) is 12.7 Å². The van der Waals surface area contributed by atoms with Gasteiger partial charge in [-0.3, -0.25) is 0 Å². The Balaban J connectivity index is 2.20. The number of hydrogen-bond acceptors (Lipinski definition) is 3. The summed E-state index contributed by atoms with van der Waals surface area (Å²) in [7, 11) is 1.98. The zero-order chi connectivity index (χ0) is 11.8. The minimum absolute atomic E-state index is 0.222. The van der Waals surface area contributed by atoms with Crippen LogP contribution in [0.4, 0.5) is 0 Å². The second kappa shape index (κ2) is 4.41. The standard InChI is InChI=1S/C14H17NOS/c1-9-4-3-5-10-13-11(8-15-2)16-7-6-12(13)17-14(9)10/h3-5,11,15H,6-8H2,1-2H3. The second-order valence-electron chi connectivity index (χ2n) is 4.56. The number of hydrogen-bond donors (Lipinski definition) is 1. The van der Waals surface area contributed by atoms with Crippen molar-refractivity contribution in [3.05, 3.63) is 34.2 Å². The molecule has 1 aromatic heterocycles. The fourth-order valence-corrected chi connectivity index (χ4v) is 3.89. The summed E-state index contributed by atoms with van der Waals surface area (Å²) in [6.45, 7) is 3.94. The van der Waals surface area contributed by atoms with Gasteiger partial charge in [0.25, 0.3) is 0 Å². The molecule has 0 bridgehead atoms. The number of ether oxygens (including phenoxy) is 1. The first-order valence-corrected chi connectivity index (χ1v) is 6.90. The molecule has 1 aliphatic heterocycles. The van der Waals surface area contributed by atoms with Crippen LogP contribution in [-0.2, 0) is 11.2 Å². The third-order valence-corrected chi connectivity index (χ3v) is 4.80. The van der Waals surface area contributed by atoms with Crippen LogP contribution in [0.3, 0.4) is 0 Å². The van der Waals surface area contributed by atoms with Gasteiger partial charge in [-0.25, -0.2) is 0 Å². The normalized spacial score (nSPS) is 19.5. The molecule has 1 aliphatic rings. The monoisotopic (exact) mass is 247 g/mol. The van der Waals surface area contributed by atoms with Crippen molar-refractivity contribution in [1.82, 2.24) is 5.32 Å². The number of likely N-dealkylation sites (N-methyl/N-ethyl adjacent to an activating group) is 1. The number of aryl methyl sites for hydroxylation is 1. The lowest BCUT2D eigenvalue weighted by Gasteiger charge is -2.23. The highest BCUT2D eigenvalue weighted by Crippen LogP contribution is 2.40. The van der Waals surface area contributed by atoms with Crippen molar-refractivity contribution in [2.75, 3.05) is 20.2 Å². The predicted octanol–water partition coefficient (Wildman–Crippen LogP) is 3.04. The molecule has 0 amide bonds. The molecule has 0 saturated heterocycles. The first-order chi connectivity index (χ1) is 8.31. The average Bonchev–Trinajstić information content (AvgIpc) is 2.71. The Morgan fingerprint density at radius 2 is 2.35 bits per heavy atom. The Morgan fingerprint density at radius 1 is 1.47 bits per heavy atom. The van der Waals surface area contributed by atoms with Crippen molar-refractivity contribution < 1.29 is 4.74 Å². The van der Waals surface area contributed by atoms with Crippen molar-refractivity contribution >= 4 is 21.4 Å². The molecular weight excluding hydrogens is 230 g/mol. The maximum absolute atomic E-state index is 5.90. The summed E-state index contributed by atoms with van der Waals surface area (Å²) in [5.41, 5.74) is 2.81. The van der Waals surface area contributed by atoms with Gasteiger partial charge >= 0.3 is 0 Å². The highest BCUT2D eigenvalue weighted by atomic mass is 32.1. The van der Waals surface area contributed by atoms with Crippen LogP contribution >= 0.6 is 11.3 Å². The van der Waals surface area contributed by atoms with Crippen LogP contribution in [0, 0.1) is 6.92 Å². The van der Waals surface area contributed by atoms with Gasteiger partial charge in [0.1, 0.15) is 0 Å². The van der Waals surface area contributed by atoms with E-state index in [0.29, 0.717) is 0 Å². The van der Waals surface area contributed by atoms with E-state index in [2.05, 4.69) is 30.4 Å². The summed E-state index contributed by atoms with van der Waals surface area (Å²) in [6, 6.07) is 6.57. The second-order valence-corrected chi connectivity index (χ2v) is 5.66. The molecule has 0 saturated carbocycles. The predicted molar refractivity (Wildman–Crippen MR) is 72.9 cm³/mol. The maximum atomic E-state index is 5.90. The summed E-state index contributed by atoms with van der Waals surface area (Å²) >= 11 is 1.95. The van der Waals surface area contributed by atoms with Gasteiger partial charge in [-0.05, 0) is 24.9 Å². The zero-order valence-electron chi connectivity index (χ0n) is 10.2. The van der Waals surface area contributed by atoms with E-state index in [1.54, 1.807) is 0 Å². The highest BCUT2D eigenvalue weighted by molar-refractivity contribution is 7.19. The van der Waals surface area contributed by atoms with Crippen LogP contribution in [0.2, 0.25) is 0 Å². The summed E-state index contributed by atoms with van der Waals surface area (Å²) in [5.74, 6) is 0. The molecule has 1 atom stereocenters. The number of rotatable bonds is 2. The first kappa shape index (κ1) is 11.2. The third-order valence-electron chi connectivity index (χ3n) is 3.39. The van der Waals surface area contributed by atoms with Crippen LogP contribution in [0.5, 0.6) is 0 Å². The Hall–Kier alpha value is -0.900. The van der Waals surface area contributed by atoms with Crippen LogP contribution in [0.25, 0.3) is 10.1 Å². The Morgan fingerprint density at radius 3 is 3.18 bits per heavy atom. The number of fused-ring (bicyclic) bond motifs is 3. The van der Waals surface area contributed by atoms with Crippen molar-refractivity contribution in [3.63, 3.8) is 0 Å². The van der Waals surface area contributed by atoms with Crippen LogP contribution in [0.15, 0.2) is 18.2 Å². The van der Waals surface area contributed by atoms with Crippen molar-refractivity contribution in [3.8, 4) is 0 Å². The van der Waals surface area contributed by atoms with Gasteiger partial charge in [-0.1, -0.05) is 18.2 Å². The van der Waals surface area contributed by atoms with E-state index in [4.69, 9.17) is 4.74 Å². The molecule has 1 unspecified atom stereocenters. The van der Waals surface area contributed by atoms with Gasteiger partial charge in [-0.15, -0.1) is 11.3 Å². The van der Waals surface area contributed by atoms with Crippen LogP contribution < -0.4 is 5.32 Å². The number of benzene rings is 1. The summed E-state index contributed by atoms with van der Waals surface area (Å²) < 4.78 is 7.33. The van der Waals surface area contributed by atoms with Gasteiger partial charge in [0, 0.05) is 28.1 Å². The lowest BCUT2D eigenvalue weighted by atomic mass is 10.0. The Labute approximate surface area is 106 Å². The summed E-state index contributed by atoms with van der Waals surface area (Å²) in [5, 5.41) is 4.62. The SMILES string of the molecule is CNCC1OCCc2sc3c(C)cccc3c21. The first-order valence-electron chi connectivity index (χ1n) is 6.08. The van der Waals surface area contributed by atoms with Gasteiger partial charge in [0.15, 0.2) is 0 Å².